The fourth-order valence-electron chi connectivity index (χ4n) is 2.14. The molecule has 0 bridgehead atoms. The van der Waals surface area contributed by atoms with Crippen LogP contribution in [0.5, 0.6) is 5.75 Å². The van der Waals surface area contributed by atoms with Crippen molar-refractivity contribution in [3.63, 3.8) is 0 Å². The minimum atomic E-state index is 0.455. The van der Waals surface area contributed by atoms with Gasteiger partial charge in [0.15, 0.2) is 0 Å². The SMILES string of the molecule is Cc1cccc(CCl)c1OCc1nc2ccccc2s1. The molecule has 0 fully saturated rings. The van der Waals surface area contributed by atoms with Gasteiger partial charge >= 0.3 is 0 Å². The van der Waals surface area contributed by atoms with Crippen LogP contribution in [0, 0.1) is 6.92 Å². The molecular formula is C16H14ClNOS. The molecule has 20 heavy (non-hydrogen) atoms. The average molecular weight is 304 g/mol. The fourth-order valence-corrected chi connectivity index (χ4v) is 3.23. The minimum absolute atomic E-state index is 0.455. The van der Waals surface area contributed by atoms with E-state index in [0.29, 0.717) is 12.5 Å². The molecule has 0 radical (unpaired) electrons. The van der Waals surface area contributed by atoms with Crippen LogP contribution in [0.1, 0.15) is 16.1 Å². The van der Waals surface area contributed by atoms with Crippen molar-refractivity contribution in [2.24, 2.45) is 0 Å². The summed E-state index contributed by atoms with van der Waals surface area (Å²) < 4.78 is 7.13. The summed E-state index contributed by atoms with van der Waals surface area (Å²) >= 11 is 7.62. The summed E-state index contributed by atoms with van der Waals surface area (Å²) in [5, 5.41) is 0.981. The molecule has 0 spiro atoms. The third-order valence-electron chi connectivity index (χ3n) is 3.12. The second kappa shape index (κ2) is 5.81. The highest BCUT2D eigenvalue weighted by Gasteiger charge is 2.08. The number of fused-ring (bicyclic) bond motifs is 1. The van der Waals surface area contributed by atoms with Crippen molar-refractivity contribution >= 4 is 33.2 Å². The predicted molar refractivity (Wildman–Crippen MR) is 84.7 cm³/mol. The summed E-state index contributed by atoms with van der Waals surface area (Å²) in [5.74, 6) is 1.33. The maximum absolute atomic E-state index is 5.96. The molecule has 0 saturated carbocycles. The Balaban J connectivity index is 1.82. The van der Waals surface area contributed by atoms with Crippen molar-refractivity contribution in [2.75, 3.05) is 0 Å². The van der Waals surface area contributed by atoms with Gasteiger partial charge in [-0.15, -0.1) is 22.9 Å². The van der Waals surface area contributed by atoms with Gasteiger partial charge in [-0.3, -0.25) is 0 Å². The number of benzene rings is 2. The van der Waals surface area contributed by atoms with E-state index in [0.717, 1.165) is 27.4 Å². The summed E-state index contributed by atoms with van der Waals surface area (Å²) in [4.78, 5) is 4.57. The lowest BCUT2D eigenvalue weighted by atomic mass is 10.1. The minimum Gasteiger partial charge on any atom is -0.486 e. The molecule has 0 aliphatic rings. The van der Waals surface area contributed by atoms with Crippen molar-refractivity contribution < 1.29 is 4.74 Å². The normalized spacial score (nSPS) is 10.9. The number of nitrogens with zero attached hydrogens (tertiary/aromatic N) is 1. The number of para-hydroxylation sites is 2. The topological polar surface area (TPSA) is 22.1 Å². The molecular weight excluding hydrogens is 290 g/mol. The maximum atomic E-state index is 5.96. The number of halogens is 1. The van der Waals surface area contributed by atoms with Gasteiger partial charge in [0.25, 0.3) is 0 Å². The quantitative estimate of drug-likeness (QED) is 0.638. The number of aromatic nitrogens is 1. The molecule has 3 rings (SSSR count). The summed E-state index contributed by atoms with van der Waals surface area (Å²) in [6.45, 7) is 2.51. The molecule has 3 aromatic rings. The molecule has 0 N–H and O–H groups in total. The molecule has 0 saturated heterocycles. The average Bonchev–Trinajstić information content (AvgIpc) is 2.88. The Morgan fingerprint density at radius 3 is 2.80 bits per heavy atom. The lowest BCUT2D eigenvalue weighted by Gasteiger charge is -2.11. The van der Waals surface area contributed by atoms with Gasteiger partial charge in [0.1, 0.15) is 17.4 Å². The van der Waals surface area contributed by atoms with E-state index in [-0.39, 0.29) is 0 Å². The van der Waals surface area contributed by atoms with Gasteiger partial charge in [0, 0.05) is 5.56 Å². The van der Waals surface area contributed by atoms with Gasteiger partial charge in [-0.1, -0.05) is 30.3 Å². The van der Waals surface area contributed by atoms with Crippen LogP contribution in [0.4, 0.5) is 0 Å². The molecule has 0 atom stereocenters. The first-order valence-electron chi connectivity index (χ1n) is 6.39. The molecule has 0 aliphatic carbocycles. The monoisotopic (exact) mass is 303 g/mol. The Kier molecular flexibility index (Phi) is 3.90. The van der Waals surface area contributed by atoms with Crippen LogP contribution >= 0.6 is 22.9 Å². The van der Waals surface area contributed by atoms with Crippen molar-refractivity contribution in [1.82, 2.24) is 4.98 Å². The first kappa shape index (κ1) is 13.4. The zero-order valence-corrected chi connectivity index (χ0v) is 12.7. The molecule has 2 aromatic carbocycles. The van der Waals surface area contributed by atoms with Gasteiger partial charge in [-0.2, -0.15) is 0 Å². The molecule has 0 unspecified atom stereocenters. The lowest BCUT2D eigenvalue weighted by Crippen LogP contribution is -1.99. The molecule has 1 aromatic heterocycles. The van der Waals surface area contributed by atoms with Crippen LogP contribution in [0.25, 0.3) is 10.2 Å². The number of alkyl halides is 1. The van der Waals surface area contributed by atoms with Crippen molar-refractivity contribution in [2.45, 2.75) is 19.4 Å². The van der Waals surface area contributed by atoms with Gasteiger partial charge in [-0.25, -0.2) is 4.98 Å². The zero-order valence-electron chi connectivity index (χ0n) is 11.1. The molecule has 102 valence electrons. The van der Waals surface area contributed by atoms with Crippen LogP contribution in [0.3, 0.4) is 0 Å². The van der Waals surface area contributed by atoms with Crippen molar-refractivity contribution in [3.05, 3.63) is 58.6 Å². The summed E-state index contributed by atoms with van der Waals surface area (Å²) in [6.07, 6.45) is 0. The first-order valence-corrected chi connectivity index (χ1v) is 7.75. The van der Waals surface area contributed by atoms with E-state index in [1.165, 1.54) is 4.70 Å². The third-order valence-corrected chi connectivity index (χ3v) is 4.41. The molecule has 4 heteroatoms. The van der Waals surface area contributed by atoms with Crippen LogP contribution in [-0.4, -0.2) is 4.98 Å². The van der Waals surface area contributed by atoms with Gasteiger partial charge in [0.2, 0.25) is 0 Å². The van der Waals surface area contributed by atoms with E-state index >= 15 is 0 Å². The number of thiazole rings is 1. The highest BCUT2D eigenvalue weighted by Crippen LogP contribution is 2.27. The van der Waals surface area contributed by atoms with E-state index in [1.807, 2.05) is 43.3 Å². The smallest absolute Gasteiger partial charge is 0.140 e. The Morgan fingerprint density at radius 1 is 1.15 bits per heavy atom. The number of aryl methyl sites for hydroxylation is 1. The second-order valence-electron chi connectivity index (χ2n) is 4.56. The largest absolute Gasteiger partial charge is 0.486 e. The standard InChI is InChI=1S/C16H14ClNOS/c1-11-5-4-6-12(9-17)16(11)19-10-15-18-13-7-2-3-8-14(13)20-15/h2-8H,9-10H2,1H3. The van der Waals surface area contributed by atoms with Gasteiger partial charge < -0.3 is 4.74 Å². The summed E-state index contributed by atoms with van der Waals surface area (Å²) in [7, 11) is 0. The molecule has 1 heterocycles. The number of ether oxygens (including phenoxy) is 1. The van der Waals surface area contributed by atoms with Crippen LogP contribution < -0.4 is 4.74 Å². The highest BCUT2D eigenvalue weighted by atomic mass is 35.5. The number of hydrogen-bond acceptors (Lipinski definition) is 3. The van der Waals surface area contributed by atoms with Gasteiger partial charge in [0.05, 0.1) is 16.1 Å². The number of hydrogen-bond donors (Lipinski definition) is 0. The Hall–Kier alpha value is -1.58. The van der Waals surface area contributed by atoms with Crippen molar-refractivity contribution in [3.8, 4) is 5.75 Å². The Morgan fingerprint density at radius 2 is 2.00 bits per heavy atom. The van der Waals surface area contributed by atoms with Crippen LogP contribution in [-0.2, 0) is 12.5 Å². The third kappa shape index (κ3) is 2.65. The van der Waals surface area contributed by atoms with E-state index in [1.54, 1.807) is 11.3 Å². The maximum Gasteiger partial charge on any atom is 0.140 e. The predicted octanol–water partition coefficient (Wildman–Crippen LogP) is 4.92. The number of rotatable bonds is 4. The Labute approximate surface area is 127 Å². The van der Waals surface area contributed by atoms with Gasteiger partial charge in [-0.05, 0) is 24.6 Å². The van der Waals surface area contributed by atoms with E-state index in [9.17, 15) is 0 Å². The zero-order chi connectivity index (χ0) is 13.9. The fraction of sp³-hybridized carbons (Fsp3) is 0.188. The van der Waals surface area contributed by atoms with E-state index in [4.69, 9.17) is 16.3 Å². The van der Waals surface area contributed by atoms with Crippen molar-refractivity contribution in [1.29, 1.82) is 0 Å². The first-order chi connectivity index (χ1) is 9.78. The van der Waals surface area contributed by atoms with Crippen LogP contribution in [0.15, 0.2) is 42.5 Å². The summed E-state index contributed by atoms with van der Waals surface area (Å²) in [5.41, 5.74) is 3.15. The highest BCUT2D eigenvalue weighted by molar-refractivity contribution is 7.18. The molecule has 0 aliphatic heterocycles. The Bertz CT molecular complexity index is 705. The second-order valence-corrected chi connectivity index (χ2v) is 5.94. The molecule has 0 amide bonds. The van der Waals surface area contributed by atoms with Crippen LogP contribution in [0.2, 0.25) is 0 Å². The van der Waals surface area contributed by atoms with E-state index < -0.39 is 0 Å². The lowest BCUT2D eigenvalue weighted by molar-refractivity contribution is 0.301. The molecule has 2 nitrogen and oxygen atoms in total. The summed E-state index contributed by atoms with van der Waals surface area (Å²) in [6, 6.07) is 14.1. The van der Waals surface area contributed by atoms with E-state index in [2.05, 4.69) is 11.1 Å².